The highest BCUT2D eigenvalue weighted by Crippen LogP contribution is 2.29. The van der Waals surface area contributed by atoms with E-state index < -0.39 is 5.54 Å². The zero-order chi connectivity index (χ0) is 10.9. The summed E-state index contributed by atoms with van der Waals surface area (Å²) >= 11 is 0. The minimum Gasteiger partial charge on any atom is -0.453 e. The van der Waals surface area contributed by atoms with E-state index in [4.69, 9.17) is 5.73 Å². The first-order valence-electron chi connectivity index (χ1n) is 4.83. The maximum absolute atomic E-state index is 11.2. The molecule has 0 aromatic heterocycles. The number of methoxy groups -OCH3 is 1. The molecule has 4 heteroatoms. The molecule has 4 nitrogen and oxygen atoms in total. The number of hydrogen-bond acceptors (Lipinski definition) is 3. The lowest BCUT2D eigenvalue weighted by atomic mass is 9.84. The SMILES string of the molecule is COC(=O)N1CC(N)(c2ccccc2)C1. The van der Waals surface area contributed by atoms with Crippen LogP contribution in [0.3, 0.4) is 0 Å². The first-order valence-corrected chi connectivity index (χ1v) is 4.83. The molecule has 1 aromatic rings. The van der Waals surface area contributed by atoms with Crippen molar-refractivity contribution in [2.24, 2.45) is 5.73 Å². The highest BCUT2D eigenvalue weighted by atomic mass is 16.5. The molecule has 0 unspecified atom stereocenters. The van der Waals surface area contributed by atoms with E-state index >= 15 is 0 Å². The number of hydrogen-bond donors (Lipinski definition) is 1. The third-order valence-electron chi connectivity index (χ3n) is 2.73. The quantitative estimate of drug-likeness (QED) is 0.743. The van der Waals surface area contributed by atoms with Crippen molar-refractivity contribution in [1.82, 2.24) is 4.90 Å². The Balaban J connectivity index is 2.06. The van der Waals surface area contributed by atoms with Gasteiger partial charge in [0, 0.05) is 13.1 Å². The molecule has 1 heterocycles. The van der Waals surface area contributed by atoms with Crippen molar-refractivity contribution in [3.8, 4) is 0 Å². The molecule has 15 heavy (non-hydrogen) atoms. The number of nitrogens with zero attached hydrogens (tertiary/aromatic N) is 1. The largest absolute Gasteiger partial charge is 0.453 e. The van der Waals surface area contributed by atoms with Crippen molar-refractivity contribution in [3.63, 3.8) is 0 Å². The van der Waals surface area contributed by atoms with Crippen LogP contribution in [0.1, 0.15) is 5.56 Å². The van der Waals surface area contributed by atoms with Gasteiger partial charge in [-0.1, -0.05) is 30.3 Å². The second kappa shape index (κ2) is 3.55. The van der Waals surface area contributed by atoms with Crippen LogP contribution in [0.2, 0.25) is 0 Å². The fourth-order valence-corrected chi connectivity index (χ4v) is 1.85. The first-order chi connectivity index (χ1) is 7.15. The number of benzene rings is 1. The average Bonchev–Trinajstić information content (AvgIpc) is 2.25. The number of likely N-dealkylation sites (tertiary alicyclic amines) is 1. The van der Waals surface area contributed by atoms with E-state index in [0.717, 1.165) is 5.56 Å². The maximum atomic E-state index is 11.2. The van der Waals surface area contributed by atoms with E-state index in [1.807, 2.05) is 30.3 Å². The van der Waals surface area contributed by atoms with E-state index in [2.05, 4.69) is 4.74 Å². The fraction of sp³-hybridized carbons (Fsp3) is 0.364. The minimum absolute atomic E-state index is 0.313. The molecule has 0 atom stereocenters. The highest BCUT2D eigenvalue weighted by molar-refractivity contribution is 5.69. The van der Waals surface area contributed by atoms with Gasteiger partial charge in [0.15, 0.2) is 0 Å². The normalized spacial score (nSPS) is 18.1. The topological polar surface area (TPSA) is 55.6 Å². The Bertz CT molecular complexity index is 358. The van der Waals surface area contributed by atoms with Crippen molar-refractivity contribution < 1.29 is 9.53 Å². The predicted octanol–water partition coefficient (Wildman–Crippen LogP) is 0.923. The van der Waals surface area contributed by atoms with E-state index in [1.54, 1.807) is 4.90 Å². The van der Waals surface area contributed by atoms with Gasteiger partial charge in [0.25, 0.3) is 0 Å². The Hall–Kier alpha value is -1.55. The Labute approximate surface area is 88.6 Å². The van der Waals surface area contributed by atoms with E-state index in [9.17, 15) is 4.79 Å². The summed E-state index contributed by atoms with van der Waals surface area (Å²) in [7, 11) is 1.38. The lowest BCUT2D eigenvalue weighted by molar-refractivity contribution is 0.0507. The van der Waals surface area contributed by atoms with Crippen LogP contribution in [-0.4, -0.2) is 31.2 Å². The molecular weight excluding hydrogens is 192 g/mol. The van der Waals surface area contributed by atoms with Crippen LogP contribution >= 0.6 is 0 Å². The van der Waals surface area contributed by atoms with E-state index in [-0.39, 0.29) is 6.09 Å². The summed E-state index contributed by atoms with van der Waals surface area (Å²) in [6.45, 7) is 1.04. The molecule has 1 fully saturated rings. The lowest BCUT2D eigenvalue weighted by Gasteiger charge is -2.46. The lowest BCUT2D eigenvalue weighted by Crippen LogP contribution is -2.66. The van der Waals surface area contributed by atoms with Crippen LogP contribution in [0, 0.1) is 0 Å². The van der Waals surface area contributed by atoms with E-state index in [1.165, 1.54) is 7.11 Å². The minimum atomic E-state index is -0.407. The average molecular weight is 206 g/mol. The summed E-state index contributed by atoms with van der Waals surface area (Å²) in [6, 6.07) is 9.81. The Kier molecular flexibility index (Phi) is 2.36. The van der Waals surface area contributed by atoms with Crippen molar-refractivity contribution >= 4 is 6.09 Å². The van der Waals surface area contributed by atoms with Gasteiger partial charge in [-0.15, -0.1) is 0 Å². The van der Waals surface area contributed by atoms with Gasteiger partial charge in [-0.2, -0.15) is 0 Å². The molecule has 0 bridgehead atoms. The second-order valence-electron chi connectivity index (χ2n) is 3.85. The molecule has 1 amide bonds. The van der Waals surface area contributed by atoms with Gasteiger partial charge in [0.2, 0.25) is 0 Å². The van der Waals surface area contributed by atoms with Gasteiger partial charge in [-0.3, -0.25) is 0 Å². The van der Waals surface area contributed by atoms with Gasteiger partial charge < -0.3 is 15.4 Å². The smallest absolute Gasteiger partial charge is 0.409 e. The predicted molar refractivity (Wildman–Crippen MR) is 56.3 cm³/mol. The maximum Gasteiger partial charge on any atom is 0.409 e. The summed E-state index contributed by atoms with van der Waals surface area (Å²) in [5, 5.41) is 0. The Morgan fingerprint density at radius 2 is 2.00 bits per heavy atom. The number of nitrogens with two attached hydrogens (primary N) is 1. The summed E-state index contributed by atoms with van der Waals surface area (Å²) in [4.78, 5) is 12.8. The number of carbonyl (C=O) groups excluding carboxylic acids is 1. The Morgan fingerprint density at radius 1 is 1.40 bits per heavy atom. The molecule has 0 aliphatic carbocycles. The number of amides is 1. The van der Waals surface area contributed by atoms with Crippen molar-refractivity contribution in [2.75, 3.05) is 20.2 Å². The Morgan fingerprint density at radius 3 is 2.53 bits per heavy atom. The van der Waals surface area contributed by atoms with Gasteiger partial charge in [0.1, 0.15) is 0 Å². The molecule has 2 N–H and O–H groups in total. The number of carbonyl (C=O) groups is 1. The third kappa shape index (κ3) is 1.68. The summed E-state index contributed by atoms with van der Waals surface area (Å²) in [5.41, 5.74) is 6.81. The van der Waals surface area contributed by atoms with Crippen LogP contribution in [0.15, 0.2) is 30.3 Å². The molecule has 1 aliphatic rings. The van der Waals surface area contributed by atoms with Crippen molar-refractivity contribution in [3.05, 3.63) is 35.9 Å². The molecule has 2 rings (SSSR count). The monoisotopic (exact) mass is 206 g/mol. The van der Waals surface area contributed by atoms with Crippen LogP contribution < -0.4 is 5.73 Å². The van der Waals surface area contributed by atoms with Crippen LogP contribution in [0.4, 0.5) is 4.79 Å². The van der Waals surface area contributed by atoms with Crippen molar-refractivity contribution in [2.45, 2.75) is 5.54 Å². The zero-order valence-electron chi connectivity index (χ0n) is 8.64. The van der Waals surface area contributed by atoms with E-state index in [0.29, 0.717) is 13.1 Å². The fourth-order valence-electron chi connectivity index (χ4n) is 1.85. The van der Waals surface area contributed by atoms with Gasteiger partial charge in [-0.25, -0.2) is 4.79 Å². The van der Waals surface area contributed by atoms with Gasteiger partial charge in [0.05, 0.1) is 12.6 Å². The number of rotatable bonds is 1. The molecule has 1 aliphatic heterocycles. The molecular formula is C11H14N2O2. The van der Waals surface area contributed by atoms with Crippen LogP contribution in [-0.2, 0) is 10.3 Å². The standard InChI is InChI=1S/C11H14N2O2/c1-15-10(14)13-7-11(12,8-13)9-5-3-2-4-6-9/h2-6H,7-8,12H2,1H3. The molecule has 0 spiro atoms. The second-order valence-corrected chi connectivity index (χ2v) is 3.85. The molecule has 0 saturated carbocycles. The van der Waals surface area contributed by atoms with Crippen LogP contribution in [0.5, 0.6) is 0 Å². The summed E-state index contributed by atoms with van der Waals surface area (Å²) in [6.07, 6.45) is -0.313. The third-order valence-corrected chi connectivity index (χ3v) is 2.73. The van der Waals surface area contributed by atoms with Crippen molar-refractivity contribution in [1.29, 1.82) is 0 Å². The molecule has 0 radical (unpaired) electrons. The molecule has 80 valence electrons. The summed E-state index contributed by atoms with van der Waals surface area (Å²) in [5.74, 6) is 0. The summed E-state index contributed by atoms with van der Waals surface area (Å²) < 4.78 is 4.61. The highest BCUT2D eigenvalue weighted by Gasteiger charge is 2.43. The van der Waals surface area contributed by atoms with Gasteiger partial charge >= 0.3 is 6.09 Å². The van der Waals surface area contributed by atoms with Crippen LogP contribution in [0.25, 0.3) is 0 Å². The number of ether oxygens (including phenoxy) is 1. The first kappa shape index (κ1) is 9.98. The molecule has 1 saturated heterocycles. The zero-order valence-corrected chi connectivity index (χ0v) is 8.64. The molecule has 1 aromatic carbocycles. The van der Waals surface area contributed by atoms with Gasteiger partial charge in [-0.05, 0) is 5.56 Å².